The average molecular weight is 432 g/mol. The van der Waals surface area contributed by atoms with Crippen LogP contribution in [0.1, 0.15) is 28.5 Å². The van der Waals surface area contributed by atoms with Gasteiger partial charge in [-0.2, -0.15) is 0 Å². The van der Waals surface area contributed by atoms with E-state index in [0.717, 1.165) is 42.4 Å². The molecule has 4 rings (SSSR count). The maximum absolute atomic E-state index is 12.9. The van der Waals surface area contributed by atoms with Crippen LogP contribution in [0.25, 0.3) is 5.65 Å². The number of aromatic nitrogens is 4. The van der Waals surface area contributed by atoms with Gasteiger partial charge in [0, 0.05) is 44.1 Å². The molecule has 1 amide bonds. The number of anilines is 2. The number of nitrogens with one attached hydrogen (secondary N) is 2. The van der Waals surface area contributed by atoms with E-state index in [1.54, 1.807) is 16.7 Å². The molecule has 160 valence electrons. The van der Waals surface area contributed by atoms with Crippen molar-refractivity contribution in [3.8, 4) is 5.75 Å². The first-order chi connectivity index (χ1) is 13.9. The number of amides is 1. The molecule has 3 aromatic heterocycles. The van der Waals surface area contributed by atoms with Crippen LogP contribution in [-0.2, 0) is 0 Å². The molecule has 4 heterocycles. The van der Waals surface area contributed by atoms with E-state index in [4.69, 9.17) is 4.74 Å². The number of rotatable bonds is 4. The second-order valence-electron chi connectivity index (χ2n) is 7.39. The molecule has 1 aliphatic heterocycles. The Morgan fingerprint density at radius 2 is 2.07 bits per heavy atom. The van der Waals surface area contributed by atoms with Gasteiger partial charge in [-0.25, -0.2) is 4.98 Å². The molecule has 2 N–H and O–H groups in total. The highest BCUT2D eigenvalue weighted by Gasteiger charge is 2.20. The Morgan fingerprint density at radius 1 is 1.27 bits per heavy atom. The highest BCUT2D eigenvalue weighted by Crippen LogP contribution is 2.23. The fourth-order valence-electron chi connectivity index (χ4n) is 3.64. The van der Waals surface area contributed by atoms with Crippen LogP contribution in [-0.4, -0.2) is 58.3 Å². The molecule has 1 unspecified atom stereocenters. The summed E-state index contributed by atoms with van der Waals surface area (Å²) in [6.45, 7) is 8.70. The van der Waals surface area contributed by atoms with Crippen LogP contribution in [0.4, 0.5) is 11.6 Å². The Morgan fingerprint density at radius 3 is 2.77 bits per heavy atom. The van der Waals surface area contributed by atoms with Crippen LogP contribution >= 0.6 is 12.4 Å². The molecule has 9 nitrogen and oxygen atoms in total. The number of piperazine rings is 1. The summed E-state index contributed by atoms with van der Waals surface area (Å²) in [6.07, 6.45) is 3.57. The van der Waals surface area contributed by atoms with Crippen molar-refractivity contribution in [3.63, 3.8) is 0 Å². The summed E-state index contributed by atoms with van der Waals surface area (Å²) < 4.78 is 7.19. The summed E-state index contributed by atoms with van der Waals surface area (Å²) in [5.74, 6) is 1.40. The highest BCUT2D eigenvalue weighted by atomic mass is 35.5. The zero-order chi connectivity index (χ0) is 20.5. The molecule has 1 aliphatic rings. The van der Waals surface area contributed by atoms with E-state index in [1.807, 2.05) is 26.1 Å². The predicted molar refractivity (Wildman–Crippen MR) is 118 cm³/mol. The summed E-state index contributed by atoms with van der Waals surface area (Å²) >= 11 is 0. The molecule has 0 aromatic carbocycles. The summed E-state index contributed by atoms with van der Waals surface area (Å²) in [6, 6.07) is 3.99. The van der Waals surface area contributed by atoms with Crippen molar-refractivity contribution in [3.05, 3.63) is 41.3 Å². The van der Waals surface area contributed by atoms with E-state index in [9.17, 15) is 4.79 Å². The van der Waals surface area contributed by atoms with E-state index >= 15 is 0 Å². The summed E-state index contributed by atoms with van der Waals surface area (Å²) in [7, 11) is 1.53. The van der Waals surface area contributed by atoms with Gasteiger partial charge in [0.15, 0.2) is 11.6 Å². The average Bonchev–Trinajstić information content (AvgIpc) is 3.05. The number of hydrogen-bond acceptors (Lipinski definition) is 7. The van der Waals surface area contributed by atoms with Gasteiger partial charge in [-0.1, -0.05) is 0 Å². The van der Waals surface area contributed by atoms with Crippen LogP contribution in [0.15, 0.2) is 24.5 Å². The monoisotopic (exact) mass is 431 g/mol. The van der Waals surface area contributed by atoms with Gasteiger partial charge in [0.2, 0.25) is 0 Å². The van der Waals surface area contributed by atoms with Crippen LogP contribution in [0.2, 0.25) is 0 Å². The second-order valence-corrected chi connectivity index (χ2v) is 7.39. The van der Waals surface area contributed by atoms with Gasteiger partial charge in [0.1, 0.15) is 11.4 Å². The van der Waals surface area contributed by atoms with Crippen molar-refractivity contribution in [1.82, 2.24) is 24.9 Å². The number of pyridine rings is 1. The minimum absolute atomic E-state index is 0. The topological polar surface area (TPSA) is 96.7 Å². The number of carbonyl (C=O) groups is 1. The lowest BCUT2D eigenvalue weighted by Crippen LogP contribution is -2.49. The molecule has 0 aliphatic carbocycles. The van der Waals surface area contributed by atoms with Gasteiger partial charge in [0.05, 0.1) is 18.4 Å². The van der Waals surface area contributed by atoms with E-state index in [2.05, 4.69) is 37.6 Å². The van der Waals surface area contributed by atoms with Crippen molar-refractivity contribution in [2.24, 2.45) is 0 Å². The largest absolute Gasteiger partial charge is 0.496 e. The number of carbonyl (C=O) groups excluding carboxylic acids is 1. The second kappa shape index (κ2) is 8.85. The molecule has 1 saturated heterocycles. The normalized spacial score (nSPS) is 16.3. The number of aryl methyl sites for hydroxylation is 2. The third-order valence-corrected chi connectivity index (χ3v) is 5.01. The van der Waals surface area contributed by atoms with Crippen LogP contribution in [0.5, 0.6) is 5.75 Å². The zero-order valence-corrected chi connectivity index (χ0v) is 18.3. The molecule has 10 heteroatoms. The van der Waals surface area contributed by atoms with Gasteiger partial charge in [-0.15, -0.1) is 22.6 Å². The number of ether oxygens (including phenoxy) is 1. The Labute approximate surface area is 181 Å². The van der Waals surface area contributed by atoms with Gasteiger partial charge < -0.3 is 24.7 Å². The standard InChI is InChI=1S/C20H25N7O2.ClH/c1-12-7-17(24-25-19(12)26-6-5-21-13(2)9-26)23-20(28)15-11-27-10-14(3)22-18(27)8-16(15)29-4;/h7-8,10-11,13,21H,5-6,9H2,1-4H3,(H,23,24,28);1H. The maximum Gasteiger partial charge on any atom is 0.262 e. The van der Waals surface area contributed by atoms with Crippen LogP contribution in [0.3, 0.4) is 0 Å². The molecule has 0 spiro atoms. The van der Waals surface area contributed by atoms with Gasteiger partial charge in [0.25, 0.3) is 5.91 Å². The third-order valence-electron chi connectivity index (χ3n) is 5.01. The van der Waals surface area contributed by atoms with E-state index in [0.29, 0.717) is 23.2 Å². The molecule has 0 bridgehead atoms. The van der Waals surface area contributed by atoms with E-state index < -0.39 is 0 Å². The molecule has 1 atom stereocenters. The number of imidazole rings is 1. The molecule has 0 radical (unpaired) electrons. The third kappa shape index (κ3) is 4.31. The molecule has 0 saturated carbocycles. The predicted octanol–water partition coefficient (Wildman–Crippen LogP) is 2.22. The minimum Gasteiger partial charge on any atom is -0.496 e. The van der Waals surface area contributed by atoms with Gasteiger partial charge in [-0.3, -0.25) is 4.79 Å². The number of methoxy groups -OCH3 is 1. The van der Waals surface area contributed by atoms with Crippen molar-refractivity contribution >= 4 is 35.6 Å². The van der Waals surface area contributed by atoms with Crippen LogP contribution < -0.4 is 20.3 Å². The van der Waals surface area contributed by atoms with Gasteiger partial charge >= 0.3 is 0 Å². The van der Waals surface area contributed by atoms with Gasteiger partial charge in [-0.05, 0) is 32.4 Å². The Kier molecular flexibility index (Phi) is 6.42. The lowest BCUT2D eigenvalue weighted by Gasteiger charge is -2.33. The first-order valence-corrected chi connectivity index (χ1v) is 9.62. The molecular weight excluding hydrogens is 406 g/mol. The van der Waals surface area contributed by atoms with Crippen molar-refractivity contribution in [2.45, 2.75) is 26.8 Å². The van der Waals surface area contributed by atoms with Crippen molar-refractivity contribution in [1.29, 1.82) is 0 Å². The fraction of sp³-hybridized carbons (Fsp3) is 0.400. The smallest absolute Gasteiger partial charge is 0.262 e. The number of halogens is 1. The quantitative estimate of drug-likeness (QED) is 0.653. The number of fused-ring (bicyclic) bond motifs is 1. The van der Waals surface area contributed by atoms with E-state index in [-0.39, 0.29) is 18.3 Å². The first kappa shape index (κ1) is 21.8. The van der Waals surface area contributed by atoms with E-state index in [1.165, 1.54) is 7.11 Å². The molecular formula is C20H26ClN7O2. The first-order valence-electron chi connectivity index (χ1n) is 9.62. The van der Waals surface area contributed by atoms with Crippen molar-refractivity contribution < 1.29 is 9.53 Å². The lowest BCUT2D eigenvalue weighted by molar-refractivity contribution is 0.102. The SMILES string of the molecule is COc1cc2nc(C)cn2cc1C(=O)Nc1cc(C)c(N2CCNC(C)C2)nn1.Cl. The summed E-state index contributed by atoms with van der Waals surface area (Å²) in [5, 5.41) is 14.8. The lowest BCUT2D eigenvalue weighted by atomic mass is 10.2. The Balaban J connectivity index is 0.00000256. The zero-order valence-electron chi connectivity index (χ0n) is 17.5. The molecule has 3 aromatic rings. The molecule has 30 heavy (non-hydrogen) atoms. The Hall–Kier alpha value is -2.91. The highest BCUT2D eigenvalue weighted by molar-refractivity contribution is 6.05. The summed E-state index contributed by atoms with van der Waals surface area (Å²) in [5.41, 5.74) is 2.96. The maximum atomic E-state index is 12.9. The van der Waals surface area contributed by atoms with Crippen molar-refractivity contribution in [2.75, 3.05) is 37.0 Å². The van der Waals surface area contributed by atoms with Crippen LogP contribution in [0, 0.1) is 13.8 Å². The fourth-order valence-corrected chi connectivity index (χ4v) is 3.64. The number of nitrogens with zero attached hydrogens (tertiary/aromatic N) is 5. The minimum atomic E-state index is -0.313. The number of hydrogen-bond donors (Lipinski definition) is 2. The molecule has 1 fully saturated rings. The summed E-state index contributed by atoms with van der Waals surface area (Å²) in [4.78, 5) is 19.5. The Bertz CT molecular complexity index is 1070.